The summed E-state index contributed by atoms with van der Waals surface area (Å²) in [5, 5.41) is 4.20. The van der Waals surface area contributed by atoms with Crippen LogP contribution in [0.3, 0.4) is 0 Å². The number of carbonyl (C=O) groups is 1. The highest BCUT2D eigenvalue weighted by Crippen LogP contribution is 2.33. The van der Waals surface area contributed by atoms with Crippen LogP contribution in [0.2, 0.25) is 0 Å². The SMILES string of the molecule is CCSC1CCC(N(C)C(=O)[C@H]2CCN[C@@H](C)C2)C1.Cl. The molecule has 1 aliphatic heterocycles. The number of nitrogens with one attached hydrogen (secondary N) is 1. The molecule has 4 atom stereocenters. The van der Waals surface area contributed by atoms with Gasteiger partial charge in [-0.05, 0) is 51.3 Å². The molecule has 0 aromatic heterocycles. The van der Waals surface area contributed by atoms with Crippen LogP contribution in [0.25, 0.3) is 0 Å². The van der Waals surface area contributed by atoms with E-state index < -0.39 is 0 Å². The number of thioether (sulfide) groups is 1. The summed E-state index contributed by atoms with van der Waals surface area (Å²) in [5.74, 6) is 1.83. The zero-order valence-electron chi connectivity index (χ0n) is 12.9. The van der Waals surface area contributed by atoms with Gasteiger partial charge in [-0.1, -0.05) is 6.92 Å². The van der Waals surface area contributed by atoms with Crippen molar-refractivity contribution in [3.8, 4) is 0 Å². The number of nitrogens with zero attached hydrogens (tertiary/aromatic N) is 1. The van der Waals surface area contributed by atoms with Gasteiger partial charge in [-0.3, -0.25) is 4.79 Å². The maximum absolute atomic E-state index is 12.6. The van der Waals surface area contributed by atoms with Crippen LogP contribution in [0.15, 0.2) is 0 Å². The van der Waals surface area contributed by atoms with E-state index in [0.29, 0.717) is 18.0 Å². The molecule has 2 rings (SSSR count). The van der Waals surface area contributed by atoms with Gasteiger partial charge in [-0.15, -0.1) is 12.4 Å². The van der Waals surface area contributed by atoms with Crippen molar-refractivity contribution in [2.75, 3.05) is 19.3 Å². The Kier molecular flexibility index (Phi) is 7.70. The second kappa shape index (κ2) is 8.50. The van der Waals surface area contributed by atoms with Crippen LogP contribution in [0.5, 0.6) is 0 Å². The normalized spacial score (nSPS) is 33.5. The van der Waals surface area contributed by atoms with Gasteiger partial charge in [0.1, 0.15) is 0 Å². The summed E-state index contributed by atoms with van der Waals surface area (Å²) in [7, 11) is 2.03. The minimum Gasteiger partial charge on any atom is -0.342 e. The molecule has 118 valence electrons. The number of piperidine rings is 1. The first-order chi connectivity index (χ1) is 9.11. The number of halogens is 1. The number of amides is 1. The molecule has 20 heavy (non-hydrogen) atoms. The molecule has 1 heterocycles. The van der Waals surface area contributed by atoms with E-state index in [4.69, 9.17) is 0 Å². The summed E-state index contributed by atoms with van der Waals surface area (Å²) >= 11 is 2.06. The van der Waals surface area contributed by atoms with Gasteiger partial charge in [0.05, 0.1) is 0 Å². The first kappa shape index (κ1) is 18.1. The minimum atomic E-state index is 0. The fourth-order valence-electron chi connectivity index (χ4n) is 3.48. The molecule has 1 saturated heterocycles. The zero-order chi connectivity index (χ0) is 13.8. The Hall–Kier alpha value is 0.0700. The topological polar surface area (TPSA) is 32.3 Å². The van der Waals surface area contributed by atoms with E-state index in [1.54, 1.807) is 0 Å². The first-order valence-corrected chi connectivity index (χ1v) is 8.78. The summed E-state index contributed by atoms with van der Waals surface area (Å²) in [5.41, 5.74) is 0. The maximum Gasteiger partial charge on any atom is 0.225 e. The molecule has 0 bridgehead atoms. The molecule has 0 aromatic rings. The third kappa shape index (κ3) is 4.54. The van der Waals surface area contributed by atoms with Gasteiger partial charge in [-0.2, -0.15) is 11.8 Å². The summed E-state index contributed by atoms with van der Waals surface area (Å²) in [6, 6.07) is 0.977. The Bertz CT molecular complexity index is 316. The molecule has 1 saturated carbocycles. The smallest absolute Gasteiger partial charge is 0.225 e. The van der Waals surface area contributed by atoms with Crippen molar-refractivity contribution in [3.63, 3.8) is 0 Å². The monoisotopic (exact) mass is 320 g/mol. The van der Waals surface area contributed by atoms with E-state index in [9.17, 15) is 4.79 Å². The Balaban J connectivity index is 0.00000200. The van der Waals surface area contributed by atoms with Crippen molar-refractivity contribution in [2.45, 2.75) is 63.3 Å². The van der Waals surface area contributed by atoms with Gasteiger partial charge in [0.15, 0.2) is 0 Å². The van der Waals surface area contributed by atoms with Gasteiger partial charge in [0.2, 0.25) is 5.91 Å². The summed E-state index contributed by atoms with van der Waals surface area (Å²) in [6.45, 7) is 5.40. The Morgan fingerprint density at radius 1 is 1.30 bits per heavy atom. The van der Waals surface area contributed by atoms with E-state index in [0.717, 1.165) is 24.6 Å². The molecule has 2 unspecified atom stereocenters. The highest BCUT2D eigenvalue weighted by atomic mass is 35.5. The second-order valence-electron chi connectivity index (χ2n) is 6.07. The van der Waals surface area contributed by atoms with Crippen molar-refractivity contribution in [2.24, 2.45) is 5.92 Å². The largest absolute Gasteiger partial charge is 0.342 e. The van der Waals surface area contributed by atoms with Crippen LogP contribution in [0, 0.1) is 5.92 Å². The average molecular weight is 321 g/mol. The highest BCUT2D eigenvalue weighted by Gasteiger charge is 2.33. The molecule has 2 fully saturated rings. The van der Waals surface area contributed by atoms with Gasteiger partial charge in [0, 0.05) is 30.3 Å². The van der Waals surface area contributed by atoms with Crippen LogP contribution < -0.4 is 5.32 Å². The van der Waals surface area contributed by atoms with Crippen LogP contribution in [-0.2, 0) is 4.79 Å². The van der Waals surface area contributed by atoms with Crippen molar-refractivity contribution in [1.29, 1.82) is 0 Å². The van der Waals surface area contributed by atoms with Gasteiger partial charge < -0.3 is 10.2 Å². The van der Waals surface area contributed by atoms with E-state index in [2.05, 4.69) is 35.8 Å². The molecule has 1 N–H and O–H groups in total. The Morgan fingerprint density at radius 3 is 2.70 bits per heavy atom. The molecule has 2 aliphatic rings. The van der Waals surface area contributed by atoms with Crippen LogP contribution in [0.4, 0.5) is 0 Å². The molecule has 1 amide bonds. The number of hydrogen-bond donors (Lipinski definition) is 1. The van der Waals surface area contributed by atoms with Crippen molar-refractivity contribution >= 4 is 30.1 Å². The minimum absolute atomic E-state index is 0. The number of carbonyl (C=O) groups excluding carboxylic acids is 1. The predicted molar refractivity (Wildman–Crippen MR) is 89.8 cm³/mol. The van der Waals surface area contributed by atoms with Crippen LogP contribution >= 0.6 is 24.2 Å². The van der Waals surface area contributed by atoms with E-state index in [1.807, 2.05) is 7.05 Å². The molecule has 0 aromatic carbocycles. The summed E-state index contributed by atoms with van der Waals surface area (Å²) in [4.78, 5) is 14.7. The molecule has 1 aliphatic carbocycles. The third-order valence-corrected chi connectivity index (χ3v) is 5.86. The number of rotatable bonds is 4. The standard InChI is InChI=1S/C15H28N2OS.ClH/c1-4-19-14-6-5-13(10-14)17(3)15(18)12-7-8-16-11(2)9-12;/h11-14,16H,4-10H2,1-3H3;1H/t11-,12-,13?,14?;/m0./s1. The fraction of sp³-hybridized carbons (Fsp3) is 0.933. The molecule has 0 radical (unpaired) electrons. The van der Waals surface area contributed by atoms with Crippen molar-refractivity contribution in [3.05, 3.63) is 0 Å². The van der Waals surface area contributed by atoms with Crippen molar-refractivity contribution in [1.82, 2.24) is 10.2 Å². The van der Waals surface area contributed by atoms with Crippen LogP contribution in [0.1, 0.15) is 46.0 Å². The Morgan fingerprint density at radius 2 is 2.05 bits per heavy atom. The molecule has 0 spiro atoms. The molecular weight excluding hydrogens is 292 g/mol. The lowest BCUT2D eigenvalue weighted by Gasteiger charge is -2.33. The predicted octanol–water partition coefficient (Wildman–Crippen LogP) is 2.93. The first-order valence-electron chi connectivity index (χ1n) is 7.73. The quantitative estimate of drug-likeness (QED) is 0.864. The van der Waals surface area contributed by atoms with Gasteiger partial charge in [0.25, 0.3) is 0 Å². The number of hydrogen-bond acceptors (Lipinski definition) is 3. The highest BCUT2D eigenvalue weighted by molar-refractivity contribution is 7.99. The second-order valence-corrected chi connectivity index (χ2v) is 7.65. The van der Waals surface area contributed by atoms with Crippen LogP contribution in [-0.4, -0.2) is 47.5 Å². The molecule has 5 heteroatoms. The van der Waals surface area contributed by atoms with E-state index >= 15 is 0 Å². The molecular formula is C15H29ClN2OS. The third-order valence-electron chi connectivity index (χ3n) is 4.63. The Labute approximate surface area is 134 Å². The average Bonchev–Trinajstić information content (AvgIpc) is 2.86. The zero-order valence-corrected chi connectivity index (χ0v) is 14.6. The van der Waals surface area contributed by atoms with Crippen molar-refractivity contribution < 1.29 is 4.79 Å². The maximum atomic E-state index is 12.6. The summed E-state index contributed by atoms with van der Waals surface area (Å²) in [6.07, 6.45) is 5.68. The van der Waals surface area contributed by atoms with Gasteiger partial charge >= 0.3 is 0 Å². The summed E-state index contributed by atoms with van der Waals surface area (Å²) < 4.78 is 0. The van der Waals surface area contributed by atoms with E-state index in [1.165, 1.54) is 25.0 Å². The lowest BCUT2D eigenvalue weighted by Crippen LogP contribution is -2.45. The van der Waals surface area contributed by atoms with Gasteiger partial charge in [-0.25, -0.2) is 0 Å². The lowest BCUT2D eigenvalue weighted by molar-refractivity contribution is -0.137. The lowest BCUT2D eigenvalue weighted by atomic mass is 9.91. The molecule has 3 nitrogen and oxygen atoms in total. The fourth-order valence-corrected chi connectivity index (χ4v) is 4.61. The van der Waals surface area contributed by atoms with E-state index in [-0.39, 0.29) is 18.3 Å².